The first-order valence-corrected chi connectivity index (χ1v) is 0. The zero-order chi connectivity index (χ0) is 0. The van der Waals surface area contributed by atoms with Crippen molar-refractivity contribution in [3.63, 3.8) is 0 Å². The van der Waals surface area contributed by atoms with E-state index >= 15 is 0 Å². The fourth-order valence-electron chi connectivity index (χ4n) is 0. The molecule has 0 aliphatic rings. The third-order valence-electron chi connectivity index (χ3n) is 0. The molecule has 0 aromatic rings. The quantitative estimate of drug-likeness (QED) is 0.298. The van der Waals surface area contributed by atoms with Crippen LogP contribution in [-0.2, 0) is 0 Å². The Labute approximate surface area is 71.3 Å². The summed E-state index contributed by atoms with van der Waals surface area (Å²) in [5.41, 5.74) is 0. The van der Waals surface area contributed by atoms with Crippen molar-refractivity contribution >= 4 is 42.3 Å². The summed E-state index contributed by atoms with van der Waals surface area (Å²) in [7, 11) is 0. The second-order valence-corrected chi connectivity index (χ2v) is 0. The summed E-state index contributed by atoms with van der Waals surface area (Å²) in [4.78, 5) is 0. The molecule has 0 saturated heterocycles. The molecule has 0 heterocycles. The predicted molar refractivity (Wildman–Crippen MR) is 39.8 cm³/mol. The maximum absolute atomic E-state index is 0. The first-order valence-electron chi connectivity index (χ1n) is 0. The van der Waals surface area contributed by atoms with Crippen molar-refractivity contribution < 1.29 is 29.6 Å². The minimum atomic E-state index is 0. The Morgan fingerprint density at radius 3 is 0.800 bits per heavy atom. The molecule has 0 aromatic heterocycles. The maximum atomic E-state index is 0. The van der Waals surface area contributed by atoms with E-state index in [4.69, 9.17) is 0 Å². The van der Waals surface area contributed by atoms with E-state index in [-0.39, 0.29) is 71.9 Å². The summed E-state index contributed by atoms with van der Waals surface area (Å²) in [5, 5.41) is 0. The molecule has 0 aromatic carbocycles. The van der Waals surface area contributed by atoms with Crippen molar-refractivity contribution in [2.45, 2.75) is 0 Å². The van der Waals surface area contributed by atoms with Crippen LogP contribution in [-0.4, -0.2) is 42.3 Å². The van der Waals surface area contributed by atoms with Crippen LogP contribution in [0.2, 0.25) is 0 Å². The zero-order valence-corrected chi connectivity index (χ0v) is 5.60. The molecule has 0 nitrogen and oxygen atoms in total. The number of hydrogen-bond acceptors (Lipinski definition) is 0. The summed E-state index contributed by atoms with van der Waals surface area (Å²) in [6.45, 7) is 0. The molecule has 0 N–H and O–H groups in total. The molecule has 0 aliphatic heterocycles. The Morgan fingerprint density at radius 1 is 0.800 bits per heavy atom. The minimum absolute atomic E-state index is 0. The van der Waals surface area contributed by atoms with Gasteiger partial charge in [-0.25, -0.2) is 0 Å². The molecule has 28 valence electrons. The van der Waals surface area contributed by atoms with Gasteiger partial charge < -0.3 is 0 Å². The van der Waals surface area contributed by atoms with Crippen LogP contribution < -0.4 is 29.6 Å². The summed E-state index contributed by atoms with van der Waals surface area (Å²) >= 11 is 0. The van der Waals surface area contributed by atoms with Crippen LogP contribution in [0.15, 0.2) is 0 Å². The molecule has 0 bridgehead atoms. The van der Waals surface area contributed by atoms with E-state index in [1.807, 2.05) is 0 Å². The summed E-state index contributed by atoms with van der Waals surface area (Å²) in [5.74, 6) is 0. The van der Waals surface area contributed by atoms with Crippen LogP contribution in [0.25, 0.3) is 0 Å². The van der Waals surface area contributed by atoms with Gasteiger partial charge in [0.15, 0.2) is 0 Å². The van der Waals surface area contributed by atoms with Crippen LogP contribution in [0.5, 0.6) is 0 Å². The van der Waals surface area contributed by atoms with Gasteiger partial charge in [0.2, 0.25) is 0 Å². The molecule has 5 heavy (non-hydrogen) atoms. The van der Waals surface area contributed by atoms with E-state index in [2.05, 4.69) is 0 Å². The van der Waals surface area contributed by atoms with E-state index in [0.29, 0.717) is 0 Å². The van der Waals surface area contributed by atoms with E-state index in [9.17, 15) is 0 Å². The molecule has 0 rings (SSSR count). The fourth-order valence-corrected chi connectivity index (χ4v) is 0. The molecule has 0 unspecified atom stereocenters. The summed E-state index contributed by atoms with van der Waals surface area (Å²) < 4.78 is 0. The SMILES string of the molecule is B.B.[BH4-].[Na+].[SeH2]. The molecule has 0 atom stereocenters. The topological polar surface area (TPSA) is 0 Å². The molecule has 0 fully saturated rings. The van der Waals surface area contributed by atoms with Crippen molar-refractivity contribution in [1.82, 2.24) is 0 Å². The molecule has 5 heteroatoms. The summed E-state index contributed by atoms with van der Waals surface area (Å²) in [6.07, 6.45) is 0. The molecule has 0 saturated carbocycles. The van der Waals surface area contributed by atoms with Gasteiger partial charge in [0.1, 0.15) is 0 Å². The Kier molecular flexibility index (Phi) is 645. The average molecular weight is 146 g/mol. The van der Waals surface area contributed by atoms with Gasteiger partial charge >= 0.3 is 46.6 Å². The van der Waals surface area contributed by atoms with Crippen molar-refractivity contribution in [3.8, 4) is 0 Å². The van der Waals surface area contributed by atoms with E-state index in [1.54, 1.807) is 0 Å². The van der Waals surface area contributed by atoms with E-state index in [0.717, 1.165) is 0 Å². The first kappa shape index (κ1) is 74.6. The molecular formula is H12B3NaSe. The van der Waals surface area contributed by atoms with Crippen molar-refractivity contribution in [3.05, 3.63) is 0 Å². The van der Waals surface area contributed by atoms with Gasteiger partial charge in [-0.05, 0) is 0 Å². The third-order valence-corrected chi connectivity index (χ3v) is 0. The fraction of sp³-hybridized carbons (Fsp3) is 0. The van der Waals surface area contributed by atoms with E-state index < -0.39 is 0 Å². The predicted octanol–water partition coefficient (Wildman–Crippen LogP) is -7.73. The van der Waals surface area contributed by atoms with Gasteiger partial charge in [-0.3, -0.25) is 0 Å². The number of rotatable bonds is 0. The van der Waals surface area contributed by atoms with Crippen molar-refractivity contribution in [1.29, 1.82) is 0 Å². The summed E-state index contributed by atoms with van der Waals surface area (Å²) in [6, 6.07) is 0. The van der Waals surface area contributed by atoms with Crippen molar-refractivity contribution in [2.24, 2.45) is 0 Å². The molecule has 0 radical (unpaired) electrons. The Hall–Kier alpha value is 1.71. The van der Waals surface area contributed by atoms with Gasteiger partial charge in [-0.1, -0.05) is 8.41 Å². The molecule has 0 aliphatic carbocycles. The van der Waals surface area contributed by atoms with Gasteiger partial charge in [0, 0.05) is 0 Å². The first-order chi connectivity index (χ1) is 0. The van der Waals surface area contributed by atoms with Crippen LogP contribution >= 0.6 is 0 Å². The van der Waals surface area contributed by atoms with Crippen LogP contribution in [0.1, 0.15) is 0 Å². The van der Waals surface area contributed by atoms with Crippen LogP contribution in [0, 0.1) is 0 Å². The third kappa shape index (κ3) is 26.8. The molecule has 0 spiro atoms. The Bertz CT molecular complexity index is 6.85. The molecule has 0 amide bonds. The Balaban J connectivity index is 0. The second-order valence-electron chi connectivity index (χ2n) is 0. The van der Waals surface area contributed by atoms with Crippen molar-refractivity contribution in [2.75, 3.05) is 0 Å². The Morgan fingerprint density at radius 2 is 0.800 bits per heavy atom. The van der Waals surface area contributed by atoms with Gasteiger partial charge in [0.25, 0.3) is 0 Å². The molecular weight excluding hydrogens is 134 g/mol. The van der Waals surface area contributed by atoms with Gasteiger partial charge in [-0.2, -0.15) is 0 Å². The van der Waals surface area contributed by atoms with Gasteiger partial charge in [0.05, 0.1) is 16.8 Å². The van der Waals surface area contributed by atoms with E-state index in [1.165, 1.54) is 0 Å². The standard InChI is InChI=1S/BH4.2BH3.Na.H2Se/h1H4;2*1H3;;1H2/q-1;;;+1;. The normalized spacial score (nSPS) is 0. The van der Waals surface area contributed by atoms with Crippen LogP contribution in [0.3, 0.4) is 0 Å². The monoisotopic (exact) mass is 148 g/mol. The average Bonchev–Trinajstić information content (AvgIpc) is 0. The van der Waals surface area contributed by atoms with Gasteiger partial charge in [-0.15, -0.1) is 0 Å². The second kappa shape index (κ2) is 43.2. The zero-order valence-electron chi connectivity index (χ0n) is 1.50. The van der Waals surface area contributed by atoms with Crippen LogP contribution in [0.4, 0.5) is 0 Å². The number of hydrogen-bond donors (Lipinski definition) is 0.